The summed E-state index contributed by atoms with van der Waals surface area (Å²) in [6, 6.07) is 11.7. The third kappa shape index (κ3) is 3.56. The van der Waals surface area contributed by atoms with Crippen LogP contribution in [0.3, 0.4) is 0 Å². The minimum atomic E-state index is -0.0273. The van der Waals surface area contributed by atoms with Crippen molar-refractivity contribution in [3.8, 4) is 0 Å². The van der Waals surface area contributed by atoms with Gasteiger partial charge in [-0.3, -0.25) is 9.89 Å². The maximum absolute atomic E-state index is 12.8. The molecule has 1 amide bonds. The summed E-state index contributed by atoms with van der Waals surface area (Å²) in [6.07, 6.45) is 6.95. The highest BCUT2D eigenvalue weighted by Crippen LogP contribution is 2.26. The molecule has 1 aliphatic rings. The Labute approximate surface area is 151 Å². The van der Waals surface area contributed by atoms with Gasteiger partial charge in [-0.2, -0.15) is 5.10 Å². The lowest BCUT2D eigenvalue weighted by atomic mass is 9.94. The highest BCUT2D eigenvalue weighted by molar-refractivity contribution is 5.93. The number of likely N-dealkylation sites (tertiary alicyclic amines) is 1. The average molecular weight is 348 g/mol. The van der Waals surface area contributed by atoms with E-state index in [1.807, 2.05) is 41.3 Å². The fourth-order valence-electron chi connectivity index (χ4n) is 3.25. The SMILES string of the molecule is O=C(c1cnc(Nc2ccccc2)nc1)N1CCC[C@H](c2ccn[nH]2)C1. The monoisotopic (exact) mass is 348 g/mol. The molecule has 0 bridgehead atoms. The van der Waals surface area contributed by atoms with Crippen LogP contribution in [0.4, 0.5) is 11.6 Å². The van der Waals surface area contributed by atoms with Gasteiger partial charge in [-0.15, -0.1) is 0 Å². The van der Waals surface area contributed by atoms with Gasteiger partial charge in [-0.25, -0.2) is 9.97 Å². The van der Waals surface area contributed by atoms with Crippen molar-refractivity contribution < 1.29 is 4.79 Å². The molecule has 3 aromatic rings. The van der Waals surface area contributed by atoms with E-state index in [9.17, 15) is 4.79 Å². The second kappa shape index (κ2) is 7.35. The lowest BCUT2D eigenvalue weighted by Crippen LogP contribution is -2.39. The van der Waals surface area contributed by atoms with Crippen LogP contribution in [-0.2, 0) is 0 Å². The van der Waals surface area contributed by atoms with Crippen LogP contribution >= 0.6 is 0 Å². The fourth-order valence-corrected chi connectivity index (χ4v) is 3.25. The van der Waals surface area contributed by atoms with Gasteiger partial charge in [-0.05, 0) is 31.0 Å². The maximum Gasteiger partial charge on any atom is 0.257 e. The third-order valence-corrected chi connectivity index (χ3v) is 4.60. The Hall–Kier alpha value is -3.22. The fraction of sp³-hybridized carbons (Fsp3) is 0.263. The highest BCUT2D eigenvalue weighted by atomic mass is 16.2. The van der Waals surface area contributed by atoms with Crippen molar-refractivity contribution in [3.63, 3.8) is 0 Å². The predicted molar refractivity (Wildman–Crippen MR) is 98.2 cm³/mol. The Morgan fingerprint density at radius 1 is 1.15 bits per heavy atom. The molecule has 26 heavy (non-hydrogen) atoms. The molecule has 132 valence electrons. The van der Waals surface area contributed by atoms with Crippen molar-refractivity contribution in [2.75, 3.05) is 18.4 Å². The number of nitrogens with zero attached hydrogens (tertiary/aromatic N) is 4. The van der Waals surface area contributed by atoms with E-state index >= 15 is 0 Å². The Kier molecular flexibility index (Phi) is 4.59. The number of rotatable bonds is 4. The molecule has 3 heterocycles. The van der Waals surface area contributed by atoms with Gasteiger partial charge in [0.05, 0.1) is 5.56 Å². The lowest BCUT2D eigenvalue weighted by molar-refractivity contribution is 0.0705. The highest BCUT2D eigenvalue weighted by Gasteiger charge is 2.26. The van der Waals surface area contributed by atoms with Crippen LogP contribution in [0.2, 0.25) is 0 Å². The van der Waals surface area contributed by atoms with E-state index in [4.69, 9.17) is 0 Å². The van der Waals surface area contributed by atoms with E-state index in [-0.39, 0.29) is 5.91 Å². The van der Waals surface area contributed by atoms with Gasteiger partial charge < -0.3 is 10.2 Å². The largest absolute Gasteiger partial charge is 0.338 e. The van der Waals surface area contributed by atoms with Gasteiger partial charge in [0, 0.05) is 49.0 Å². The molecule has 0 saturated carbocycles. The molecule has 0 spiro atoms. The quantitative estimate of drug-likeness (QED) is 0.757. The molecule has 7 heteroatoms. The molecule has 0 aliphatic carbocycles. The number of para-hydroxylation sites is 1. The van der Waals surface area contributed by atoms with Crippen LogP contribution in [0.5, 0.6) is 0 Å². The summed E-state index contributed by atoms with van der Waals surface area (Å²) in [5, 5.41) is 10.1. The lowest BCUT2D eigenvalue weighted by Gasteiger charge is -2.32. The van der Waals surface area contributed by atoms with Crippen molar-refractivity contribution in [3.05, 3.63) is 66.2 Å². The molecule has 0 unspecified atom stereocenters. The predicted octanol–water partition coefficient (Wildman–Crippen LogP) is 2.96. The molecular weight excluding hydrogens is 328 g/mol. The van der Waals surface area contributed by atoms with E-state index < -0.39 is 0 Å². The Morgan fingerprint density at radius 3 is 2.69 bits per heavy atom. The van der Waals surface area contributed by atoms with Gasteiger partial charge in [0.15, 0.2) is 0 Å². The number of carbonyl (C=O) groups excluding carboxylic acids is 1. The number of aromatic amines is 1. The first-order chi connectivity index (χ1) is 12.8. The van der Waals surface area contributed by atoms with E-state index in [1.165, 1.54) is 0 Å². The van der Waals surface area contributed by atoms with Gasteiger partial charge in [0.25, 0.3) is 5.91 Å². The number of anilines is 2. The van der Waals surface area contributed by atoms with Gasteiger partial charge in [0.1, 0.15) is 0 Å². The van der Waals surface area contributed by atoms with Crippen molar-refractivity contribution in [1.29, 1.82) is 0 Å². The summed E-state index contributed by atoms with van der Waals surface area (Å²) in [6.45, 7) is 1.44. The number of benzene rings is 1. The molecule has 0 radical (unpaired) electrons. The van der Waals surface area contributed by atoms with Crippen molar-refractivity contribution >= 4 is 17.5 Å². The molecule has 1 fully saturated rings. The second-order valence-electron chi connectivity index (χ2n) is 6.39. The molecule has 1 atom stereocenters. The number of hydrogen-bond acceptors (Lipinski definition) is 5. The topological polar surface area (TPSA) is 86.8 Å². The van der Waals surface area contributed by atoms with Crippen molar-refractivity contribution in [2.24, 2.45) is 0 Å². The summed E-state index contributed by atoms with van der Waals surface area (Å²) >= 11 is 0. The average Bonchev–Trinajstić information content (AvgIpc) is 3.24. The molecule has 7 nitrogen and oxygen atoms in total. The van der Waals surface area contributed by atoms with E-state index in [0.29, 0.717) is 24.0 Å². The summed E-state index contributed by atoms with van der Waals surface area (Å²) < 4.78 is 0. The number of piperidine rings is 1. The molecular formula is C19H20N6O. The minimum absolute atomic E-state index is 0.0273. The number of aromatic nitrogens is 4. The summed E-state index contributed by atoms with van der Waals surface area (Å²) in [4.78, 5) is 23.2. The second-order valence-corrected chi connectivity index (χ2v) is 6.39. The zero-order chi connectivity index (χ0) is 17.8. The normalized spacial score (nSPS) is 17.1. The van der Waals surface area contributed by atoms with Gasteiger partial charge >= 0.3 is 0 Å². The standard InChI is InChI=1S/C19H20N6O/c26-18(25-10-4-5-14(13-25)17-8-9-22-24-17)15-11-20-19(21-12-15)23-16-6-2-1-3-7-16/h1-3,6-9,11-12,14H,4-5,10,13H2,(H,22,24)(H,20,21,23)/t14-/m0/s1. The van der Waals surface area contributed by atoms with Crippen molar-refractivity contribution in [2.45, 2.75) is 18.8 Å². The van der Waals surface area contributed by atoms with Crippen LogP contribution in [0.1, 0.15) is 34.8 Å². The smallest absolute Gasteiger partial charge is 0.257 e. The third-order valence-electron chi connectivity index (χ3n) is 4.60. The van der Waals surface area contributed by atoms with E-state index in [2.05, 4.69) is 25.5 Å². The van der Waals surface area contributed by atoms with Crippen LogP contribution < -0.4 is 5.32 Å². The first-order valence-corrected chi connectivity index (χ1v) is 8.72. The Morgan fingerprint density at radius 2 is 1.96 bits per heavy atom. The molecule has 1 aliphatic heterocycles. The summed E-state index contributed by atoms with van der Waals surface area (Å²) in [7, 11) is 0. The molecule has 4 rings (SSSR count). The molecule has 2 N–H and O–H groups in total. The van der Waals surface area contributed by atoms with E-state index in [0.717, 1.165) is 30.8 Å². The van der Waals surface area contributed by atoms with Crippen LogP contribution in [0.25, 0.3) is 0 Å². The summed E-state index contributed by atoms with van der Waals surface area (Å²) in [5.74, 6) is 0.748. The number of nitrogens with one attached hydrogen (secondary N) is 2. The zero-order valence-corrected chi connectivity index (χ0v) is 14.3. The number of H-pyrrole nitrogens is 1. The molecule has 1 saturated heterocycles. The van der Waals surface area contributed by atoms with Crippen LogP contribution in [0.15, 0.2) is 55.0 Å². The number of amides is 1. The Bertz CT molecular complexity index is 848. The Balaban J connectivity index is 1.43. The minimum Gasteiger partial charge on any atom is -0.338 e. The molecule has 2 aromatic heterocycles. The number of hydrogen-bond donors (Lipinski definition) is 2. The first-order valence-electron chi connectivity index (χ1n) is 8.72. The molecule has 1 aromatic carbocycles. The maximum atomic E-state index is 12.8. The zero-order valence-electron chi connectivity index (χ0n) is 14.3. The first kappa shape index (κ1) is 16.3. The van der Waals surface area contributed by atoms with Crippen LogP contribution in [-0.4, -0.2) is 44.1 Å². The number of carbonyl (C=O) groups is 1. The van der Waals surface area contributed by atoms with Crippen LogP contribution in [0, 0.1) is 0 Å². The summed E-state index contributed by atoms with van der Waals surface area (Å²) in [5.41, 5.74) is 2.50. The van der Waals surface area contributed by atoms with Gasteiger partial charge in [0.2, 0.25) is 5.95 Å². The van der Waals surface area contributed by atoms with Crippen molar-refractivity contribution in [1.82, 2.24) is 25.1 Å². The van der Waals surface area contributed by atoms with E-state index in [1.54, 1.807) is 18.6 Å². The van der Waals surface area contributed by atoms with Gasteiger partial charge in [-0.1, -0.05) is 18.2 Å².